The highest BCUT2D eigenvalue weighted by atomic mass is 19.4. The molecule has 4 nitrogen and oxygen atoms in total. The summed E-state index contributed by atoms with van der Waals surface area (Å²) in [7, 11) is 0. The molecule has 0 bridgehead atoms. The molecule has 0 aliphatic rings. The van der Waals surface area contributed by atoms with Gasteiger partial charge in [0, 0.05) is 12.1 Å². The van der Waals surface area contributed by atoms with Crippen LogP contribution in [0.3, 0.4) is 0 Å². The van der Waals surface area contributed by atoms with Crippen molar-refractivity contribution in [2.24, 2.45) is 0 Å². The van der Waals surface area contributed by atoms with E-state index in [4.69, 9.17) is 0 Å². The molecule has 0 aromatic heterocycles. The fourth-order valence-electron chi connectivity index (χ4n) is 1.09. The van der Waals surface area contributed by atoms with Crippen molar-refractivity contribution in [3.8, 4) is 5.75 Å². The van der Waals surface area contributed by atoms with Crippen LogP contribution in [0.5, 0.6) is 5.75 Å². The topological polar surface area (TPSA) is 52.4 Å². The van der Waals surface area contributed by atoms with E-state index >= 15 is 0 Å². The maximum atomic E-state index is 11.9. The fraction of sp³-hybridized carbons (Fsp3) is 0.250. The minimum absolute atomic E-state index is 0.00444. The van der Waals surface area contributed by atoms with Crippen LogP contribution in [0.15, 0.2) is 18.2 Å². The van der Waals surface area contributed by atoms with E-state index in [-0.39, 0.29) is 11.4 Å². The molecule has 88 valence electrons. The molecule has 0 aliphatic carbocycles. The van der Waals surface area contributed by atoms with E-state index in [1.807, 2.05) is 0 Å². The first kappa shape index (κ1) is 12.3. The van der Waals surface area contributed by atoms with Gasteiger partial charge in [-0.05, 0) is 18.6 Å². The molecule has 0 amide bonds. The summed E-state index contributed by atoms with van der Waals surface area (Å²) in [5.41, 5.74) is 0.122. The van der Waals surface area contributed by atoms with E-state index in [2.05, 4.69) is 4.74 Å². The Hall–Kier alpha value is -1.73. The Balaban J connectivity index is 2.80. The molecule has 0 N–H and O–H groups in total. The number of aryl methyl sites for hydroxylation is 1. The van der Waals surface area contributed by atoms with E-state index in [1.54, 1.807) is 0 Å². The molecule has 1 aromatic rings. The van der Waals surface area contributed by atoms with Gasteiger partial charge in [0.25, 0.3) is 5.69 Å². The van der Waals surface area contributed by atoms with Crippen molar-refractivity contribution < 1.29 is 22.6 Å². The van der Waals surface area contributed by atoms with Crippen molar-refractivity contribution in [2.75, 3.05) is 6.51 Å². The van der Waals surface area contributed by atoms with Gasteiger partial charge < -0.3 is 17.7 Å². The van der Waals surface area contributed by atoms with Gasteiger partial charge >= 0.3 is 6.98 Å². The lowest BCUT2D eigenvalue weighted by Gasteiger charge is -2.16. The molecule has 1 aromatic carbocycles. The van der Waals surface area contributed by atoms with Crippen LogP contribution in [-0.4, -0.2) is 18.4 Å². The zero-order valence-corrected chi connectivity index (χ0v) is 8.32. The predicted molar refractivity (Wildman–Crippen MR) is 52.4 cm³/mol. The van der Waals surface area contributed by atoms with Gasteiger partial charge in [-0.25, -0.2) is 0 Å². The second-order valence-corrected chi connectivity index (χ2v) is 3.23. The number of hydrogen-bond donors (Lipinski definition) is 0. The van der Waals surface area contributed by atoms with Crippen LogP contribution < -0.4 is 4.74 Å². The van der Waals surface area contributed by atoms with Crippen LogP contribution in [-0.2, 0) is 0 Å². The summed E-state index contributed by atoms with van der Waals surface area (Å²) in [6.07, 6.45) is 0. The van der Waals surface area contributed by atoms with Crippen LogP contribution in [0.4, 0.5) is 18.6 Å². The molecule has 0 fully saturated rings. The normalized spacial score (nSPS) is 11.2. The third kappa shape index (κ3) is 3.45. The number of nitro benzene ring substituents is 1. The lowest BCUT2D eigenvalue weighted by Crippen LogP contribution is -2.26. The van der Waals surface area contributed by atoms with Crippen molar-refractivity contribution in [1.29, 1.82) is 0 Å². The number of rotatable bonds is 4. The molecular weight excluding hydrogens is 226 g/mol. The molecule has 8 heteroatoms. The Kier molecular flexibility index (Phi) is 3.41. The maximum absolute atomic E-state index is 11.9. The smallest absolute Gasteiger partial charge is 0.515 e. The third-order valence-corrected chi connectivity index (χ3v) is 1.80. The summed E-state index contributed by atoms with van der Waals surface area (Å²) in [4.78, 5) is 9.75. The average molecular weight is 234 g/mol. The molecule has 16 heavy (non-hydrogen) atoms. The summed E-state index contributed by atoms with van der Waals surface area (Å²) in [6, 6.07) is 3.43. The Labute approximate surface area is 89.2 Å². The molecule has 0 unspecified atom stereocenters. The van der Waals surface area contributed by atoms with Crippen LogP contribution >= 0.6 is 0 Å². The number of non-ortho nitro benzene ring substituents is 1. The summed E-state index contributed by atoms with van der Waals surface area (Å²) in [5.74, 6) is 0.00444. The Morgan fingerprint density at radius 3 is 2.50 bits per heavy atom. The van der Waals surface area contributed by atoms with Gasteiger partial charge in [0.1, 0.15) is 5.75 Å². The predicted octanol–water partition coefficient (Wildman–Crippen LogP) is 2.67. The number of nitro groups is 1. The number of hydrogen-bond acceptors (Lipinski definition) is 3. The summed E-state index contributed by atoms with van der Waals surface area (Å²) in [5, 5.41) is 10.4. The monoisotopic (exact) mass is 234 g/mol. The molecule has 0 atom stereocenters. The van der Waals surface area contributed by atoms with Gasteiger partial charge in [-0.2, -0.15) is 0 Å². The Morgan fingerprint density at radius 2 is 2.06 bits per heavy atom. The Bertz CT molecular complexity index is 408. The van der Waals surface area contributed by atoms with Gasteiger partial charge in [-0.1, -0.05) is 0 Å². The third-order valence-electron chi connectivity index (χ3n) is 1.80. The minimum Gasteiger partial charge on any atom is -0.521 e. The minimum atomic E-state index is -5.02. The van der Waals surface area contributed by atoms with E-state index in [0.29, 0.717) is 5.56 Å². The van der Waals surface area contributed by atoms with E-state index in [0.717, 1.165) is 12.1 Å². The van der Waals surface area contributed by atoms with Crippen molar-refractivity contribution >= 4 is 12.7 Å². The first-order chi connectivity index (χ1) is 7.29. The molecule has 0 heterocycles. The molecule has 1 rings (SSSR count). The number of ether oxygens (including phenoxy) is 1. The Morgan fingerprint density at radius 1 is 1.44 bits per heavy atom. The first-order valence-corrected chi connectivity index (χ1v) is 4.38. The maximum Gasteiger partial charge on any atom is 0.515 e. The molecule has 0 saturated carbocycles. The highest BCUT2D eigenvalue weighted by molar-refractivity contribution is 6.58. The lowest BCUT2D eigenvalue weighted by molar-refractivity contribution is -0.384. The van der Waals surface area contributed by atoms with Crippen molar-refractivity contribution in [3.05, 3.63) is 33.9 Å². The van der Waals surface area contributed by atoms with Crippen molar-refractivity contribution in [2.45, 2.75) is 6.92 Å². The SMILES string of the molecule is Cc1cc([N+](=O)[O-])ccc1OC[B-](F)(F)F. The van der Waals surface area contributed by atoms with Gasteiger partial charge in [0.05, 0.1) is 11.4 Å². The highest BCUT2D eigenvalue weighted by Gasteiger charge is 2.24. The van der Waals surface area contributed by atoms with Crippen molar-refractivity contribution in [1.82, 2.24) is 0 Å². The number of nitrogens with zero attached hydrogens (tertiary/aromatic N) is 1. The molecule has 0 aliphatic heterocycles. The molecule has 0 saturated heterocycles. The van der Waals surface area contributed by atoms with Gasteiger partial charge in [0.15, 0.2) is 0 Å². The average Bonchev–Trinajstić information content (AvgIpc) is 2.14. The quantitative estimate of drug-likeness (QED) is 0.457. The lowest BCUT2D eigenvalue weighted by atomic mass is 9.95. The van der Waals surface area contributed by atoms with Gasteiger partial charge in [-0.15, -0.1) is 0 Å². The van der Waals surface area contributed by atoms with Crippen LogP contribution in [0.25, 0.3) is 0 Å². The second-order valence-electron chi connectivity index (χ2n) is 3.23. The van der Waals surface area contributed by atoms with Gasteiger partial charge in [-0.3, -0.25) is 10.1 Å². The van der Waals surface area contributed by atoms with Crippen molar-refractivity contribution in [3.63, 3.8) is 0 Å². The standard InChI is InChI=1S/C8H8BF3NO3/c1-6-4-7(13(14)15)2-3-8(6)16-5-9(10,11)12/h2-4H,5H2,1H3/q-1. The fourth-order valence-corrected chi connectivity index (χ4v) is 1.09. The summed E-state index contributed by atoms with van der Waals surface area (Å²) < 4.78 is 40.2. The van der Waals surface area contributed by atoms with E-state index in [9.17, 15) is 23.1 Å². The largest absolute Gasteiger partial charge is 0.521 e. The molecule has 0 spiro atoms. The summed E-state index contributed by atoms with van der Waals surface area (Å²) >= 11 is 0. The number of halogens is 3. The molecular formula is C8H8BF3NO3-. The van der Waals surface area contributed by atoms with E-state index in [1.165, 1.54) is 13.0 Å². The molecule has 0 radical (unpaired) electrons. The van der Waals surface area contributed by atoms with Crippen LogP contribution in [0, 0.1) is 17.0 Å². The van der Waals surface area contributed by atoms with Gasteiger partial charge in [0.2, 0.25) is 0 Å². The highest BCUT2D eigenvalue weighted by Crippen LogP contribution is 2.24. The second kappa shape index (κ2) is 4.42. The first-order valence-electron chi connectivity index (χ1n) is 4.38. The van der Waals surface area contributed by atoms with Crippen LogP contribution in [0.2, 0.25) is 0 Å². The van der Waals surface area contributed by atoms with Crippen LogP contribution in [0.1, 0.15) is 5.56 Å². The summed E-state index contributed by atoms with van der Waals surface area (Å²) in [6.45, 7) is -4.92. The zero-order chi connectivity index (χ0) is 12.3. The number of benzene rings is 1. The van der Waals surface area contributed by atoms with E-state index < -0.39 is 18.4 Å². The zero-order valence-electron chi connectivity index (χ0n) is 8.32.